The molecule has 0 saturated carbocycles. The van der Waals surface area contributed by atoms with E-state index in [9.17, 15) is 5.21 Å². The minimum Gasteiger partial charge on any atom is -0.632 e. The van der Waals surface area contributed by atoms with Crippen LogP contribution in [0.1, 0.15) is 11.1 Å². The van der Waals surface area contributed by atoms with Gasteiger partial charge in [0.1, 0.15) is 13.1 Å². The predicted molar refractivity (Wildman–Crippen MR) is 74.2 cm³/mol. The Balaban J connectivity index is 2.69. The quantitative estimate of drug-likeness (QED) is 0.236. The summed E-state index contributed by atoms with van der Waals surface area (Å²) in [7, 11) is 1.70. The molecule has 1 aromatic carbocycles. The summed E-state index contributed by atoms with van der Waals surface area (Å²) in [5.74, 6) is 0. The van der Waals surface area contributed by atoms with E-state index >= 15 is 0 Å². The molecule has 2 nitrogen and oxygen atoms in total. The molecule has 0 amide bonds. The van der Waals surface area contributed by atoms with Gasteiger partial charge >= 0.3 is 0 Å². The van der Waals surface area contributed by atoms with E-state index in [0.29, 0.717) is 13.1 Å². The smallest absolute Gasteiger partial charge is 0.106 e. The van der Waals surface area contributed by atoms with Gasteiger partial charge in [-0.05, 0) is 63.7 Å². The van der Waals surface area contributed by atoms with Gasteiger partial charge in [0.25, 0.3) is 0 Å². The molecule has 0 aromatic heterocycles. The first-order valence-electron chi connectivity index (χ1n) is 4.23. The van der Waals surface area contributed by atoms with E-state index in [-0.39, 0.29) is 4.65 Å². The fourth-order valence-electron chi connectivity index (χ4n) is 1.78. The van der Waals surface area contributed by atoms with Crippen molar-refractivity contribution in [1.29, 1.82) is 0 Å². The van der Waals surface area contributed by atoms with Crippen LogP contribution in [0, 0.1) is 5.21 Å². The number of nitrogens with zero attached hydrogens (tertiary/aromatic N) is 1. The third-order valence-electron chi connectivity index (χ3n) is 2.46. The number of quaternary nitrogens is 1. The van der Waals surface area contributed by atoms with Crippen molar-refractivity contribution < 1.29 is 4.65 Å². The topological polar surface area (TPSA) is 23.1 Å². The standard InChI is InChI=1S/C9H7Br4NO/c1-14(15)2-4-5(3-14)7(11)9(13)8(12)6(4)10/h2-3H2,1H3. The highest BCUT2D eigenvalue weighted by Gasteiger charge is 2.31. The number of hydrogen-bond donors (Lipinski definition) is 0. The van der Waals surface area contributed by atoms with Crippen molar-refractivity contribution in [2.45, 2.75) is 13.1 Å². The van der Waals surface area contributed by atoms with E-state index in [1.807, 2.05) is 0 Å². The molecule has 0 atom stereocenters. The maximum Gasteiger partial charge on any atom is 0.106 e. The molecule has 0 N–H and O–H groups in total. The Morgan fingerprint density at radius 1 is 0.867 bits per heavy atom. The summed E-state index contributed by atoms with van der Waals surface area (Å²) in [5.41, 5.74) is 2.18. The molecule has 0 aliphatic carbocycles. The Hall–Kier alpha value is 1.06. The van der Waals surface area contributed by atoms with E-state index in [0.717, 1.165) is 29.0 Å². The van der Waals surface area contributed by atoms with Gasteiger partial charge in [0.15, 0.2) is 0 Å². The van der Waals surface area contributed by atoms with Crippen LogP contribution < -0.4 is 0 Å². The van der Waals surface area contributed by atoms with Gasteiger partial charge in [0, 0.05) is 29.0 Å². The summed E-state index contributed by atoms with van der Waals surface area (Å²) in [6.45, 7) is 1.03. The van der Waals surface area contributed by atoms with Crippen LogP contribution >= 0.6 is 63.7 Å². The predicted octanol–water partition coefficient (Wildman–Crippen LogP) is 4.69. The molecule has 0 radical (unpaired) electrons. The Kier molecular flexibility index (Phi) is 3.39. The zero-order chi connectivity index (χ0) is 11.4. The van der Waals surface area contributed by atoms with Gasteiger partial charge in [0.05, 0.1) is 7.05 Å². The van der Waals surface area contributed by atoms with Crippen LogP contribution in [0.25, 0.3) is 0 Å². The molecule has 0 bridgehead atoms. The normalized spacial score (nSPS) is 18.0. The summed E-state index contributed by atoms with van der Waals surface area (Å²) in [6.07, 6.45) is 0. The summed E-state index contributed by atoms with van der Waals surface area (Å²) in [4.78, 5) is 0. The second-order valence-corrected chi connectivity index (χ2v) is 7.00. The lowest BCUT2D eigenvalue weighted by Crippen LogP contribution is -2.30. The van der Waals surface area contributed by atoms with Crippen LogP contribution in [-0.4, -0.2) is 11.7 Å². The number of rotatable bonds is 0. The van der Waals surface area contributed by atoms with Crippen LogP contribution in [0.2, 0.25) is 0 Å². The van der Waals surface area contributed by atoms with Gasteiger partial charge in [0.2, 0.25) is 0 Å². The average Bonchev–Trinajstić information content (AvgIpc) is 2.48. The molecular formula is C9H7Br4NO. The maximum absolute atomic E-state index is 12.0. The molecule has 0 saturated heterocycles. The number of hydroxylamine groups is 3. The van der Waals surface area contributed by atoms with Crippen molar-refractivity contribution >= 4 is 63.7 Å². The fraction of sp³-hybridized carbons (Fsp3) is 0.333. The monoisotopic (exact) mass is 461 g/mol. The Morgan fingerprint density at radius 3 is 1.53 bits per heavy atom. The molecule has 1 aromatic rings. The molecule has 0 fully saturated rings. The number of halogens is 4. The SMILES string of the molecule is C[N+]1([O-])Cc2c(Br)c(Br)c(Br)c(Br)c2C1. The van der Waals surface area contributed by atoms with Crippen LogP contribution in [0.3, 0.4) is 0 Å². The number of hydrogen-bond acceptors (Lipinski definition) is 1. The zero-order valence-electron chi connectivity index (χ0n) is 7.78. The molecule has 15 heavy (non-hydrogen) atoms. The molecule has 6 heteroatoms. The first-order chi connectivity index (χ1) is 6.83. The average molecular weight is 465 g/mol. The number of benzene rings is 1. The van der Waals surface area contributed by atoms with Gasteiger partial charge in [-0.3, -0.25) is 0 Å². The van der Waals surface area contributed by atoms with Gasteiger partial charge < -0.3 is 9.85 Å². The second-order valence-electron chi connectivity index (χ2n) is 3.83. The first-order valence-corrected chi connectivity index (χ1v) is 7.40. The highest BCUT2D eigenvalue weighted by molar-refractivity contribution is 9.15. The summed E-state index contributed by atoms with van der Waals surface area (Å²) in [6, 6.07) is 0. The van der Waals surface area contributed by atoms with Crippen LogP contribution in [0.5, 0.6) is 0 Å². The lowest BCUT2D eigenvalue weighted by Gasteiger charge is -2.33. The van der Waals surface area contributed by atoms with Crippen LogP contribution in [0.15, 0.2) is 17.9 Å². The molecule has 1 aliphatic heterocycles. The van der Waals surface area contributed by atoms with Gasteiger partial charge in [-0.25, -0.2) is 0 Å². The third-order valence-corrected chi connectivity index (χ3v) is 7.39. The number of fused-ring (bicyclic) bond motifs is 1. The van der Waals surface area contributed by atoms with Crippen molar-refractivity contribution in [2.75, 3.05) is 7.05 Å². The van der Waals surface area contributed by atoms with E-state index in [1.165, 1.54) is 0 Å². The van der Waals surface area contributed by atoms with Crippen molar-refractivity contribution in [3.63, 3.8) is 0 Å². The highest BCUT2D eigenvalue weighted by atomic mass is 79.9. The Morgan fingerprint density at radius 2 is 1.20 bits per heavy atom. The lowest BCUT2D eigenvalue weighted by atomic mass is 10.1. The van der Waals surface area contributed by atoms with Crippen LogP contribution in [0.4, 0.5) is 0 Å². The molecule has 0 unspecified atom stereocenters. The molecule has 0 spiro atoms. The summed E-state index contributed by atoms with van der Waals surface area (Å²) >= 11 is 14.0. The minimum absolute atomic E-state index is 0.241. The molecule has 1 heterocycles. The second kappa shape index (κ2) is 4.07. The van der Waals surface area contributed by atoms with Crippen molar-refractivity contribution in [2.24, 2.45) is 0 Å². The van der Waals surface area contributed by atoms with Gasteiger partial charge in [-0.15, -0.1) is 0 Å². The first kappa shape index (κ1) is 12.5. The third kappa shape index (κ3) is 2.09. The molecule has 2 rings (SSSR count). The fourth-order valence-corrected chi connectivity index (χ4v) is 4.31. The van der Waals surface area contributed by atoms with Crippen molar-refractivity contribution in [3.8, 4) is 0 Å². The lowest BCUT2D eigenvalue weighted by molar-refractivity contribution is -0.880. The van der Waals surface area contributed by atoms with Crippen molar-refractivity contribution in [1.82, 2.24) is 0 Å². The Labute approximate surface area is 122 Å². The van der Waals surface area contributed by atoms with E-state index in [4.69, 9.17) is 0 Å². The van der Waals surface area contributed by atoms with E-state index < -0.39 is 0 Å². The van der Waals surface area contributed by atoms with Crippen LogP contribution in [-0.2, 0) is 13.1 Å². The molecular weight excluding hydrogens is 458 g/mol. The van der Waals surface area contributed by atoms with E-state index in [2.05, 4.69) is 63.7 Å². The molecule has 1 aliphatic rings. The molecule has 82 valence electrons. The largest absolute Gasteiger partial charge is 0.632 e. The van der Waals surface area contributed by atoms with Crippen molar-refractivity contribution in [3.05, 3.63) is 34.2 Å². The minimum atomic E-state index is -0.241. The maximum atomic E-state index is 12.0. The van der Waals surface area contributed by atoms with Gasteiger partial charge in [-0.1, -0.05) is 0 Å². The highest BCUT2D eigenvalue weighted by Crippen LogP contribution is 2.46. The van der Waals surface area contributed by atoms with E-state index in [1.54, 1.807) is 7.05 Å². The zero-order valence-corrected chi connectivity index (χ0v) is 14.1. The Bertz CT molecular complexity index is 405. The summed E-state index contributed by atoms with van der Waals surface area (Å²) < 4.78 is 3.62. The van der Waals surface area contributed by atoms with Gasteiger partial charge in [-0.2, -0.15) is 0 Å². The summed E-state index contributed by atoms with van der Waals surface area (Å²) in [5, 5.41) is 12.0.